The Hall–Kier alpha value is -6.11. The van der Waals surface area contributed by atoms with Gasteiger partial charge < -0.3 is 49.9 Å². The van der Waals surface area contributed by atoms with Crippen molar-refractivity contribution in [2.75, 3.05) is 19.0 Å². The van der Waals surface area contributed by atoms with E-state index in [1.807, 2.05) is 48.5 Å². The molecule has 0 aromatic heterocycles. The molecule has 1 aliphatic carbocycles. The summed E-state index contributed by atoms with van der Waals surface area (Å²) in [4.78, 5) is 90.0. The largest absolute Gasteiger partial charge is 0.481 e. The second-order valence-electron chi connectivity index (χ2n) is 19.9. The summed E-state index contributed by atoms with van der Waals surface area (Å²) in [7, 11) is -1.19. The first kappa shape index (κ1) is 53.8. The second-order valence-corrected chi connectivity index (χ2v) is 24.7. The summed E-state index contributed by atoms with van der Waals surface area (Å²) in [6.07, 6.45) is -4.81. The van der Waals surface area contributed by atoms with Crippen LogP contribution in [0.4, 0.5) is 10.5 Å². The third-order valence-corrected chi connectivity index (χ3v) is 18.3. The highest BCUT2D eigenvalue weighted by molar-refractivity contribution is 6.74. The van der Waals surface area contributed by atoms with Gasteiger partial charge in [-0.15, -0.1) is 0 Å². The molecule has 1 heterocycles. The Bertz CT molecular complexity index is 2340. The van der Waals surface area contributed by atoms with Gasteiger partial charge in [0.2, 0.25) is 11.8 Å². The minimum atomic E-state index is -2.29. The van der Waals surface area contributed by atoms with Gasteiger partial charge in [0.15, 0.2) is 14.4 Å². The predicted molar refractivity (Wildman–Crippen MR) is 258 cm³/mol. The number of carboxylic acid groups (broad SMARTS) is 3. The molecule has 1 fully saturated rings. The summed E-state index contributed by atoms with van der Waals surface area (Å²) < 4.78 is 23.5. The number of fused-ring (bicyclic) bond motifs is 3. The zero-order valence-corrected chi connectivity index (χ0v) is 41.8. The van der Waals surface area contributed by atoms with E-state index in [-0.39, 0.29) is 42.9 Å². The maximum absolute atomic E-state index is 13.7. The van der Waals surface area contributed by atoms with Crippen LogP contribution in [0.5, 0.6) is 0 Å². The Morgan fingerprint density at radius 3 is 1.86 bits per heavy atom. The number of esters is 1. The molecule has 3 aromatic rings. The molecule has 3 amide bonds. The molecule has 0 unspecified atom stereocenters. The number of alkyl carbamates (subject to hydrolysis) is 1. The molecule has 18 heteroatoms. The lowest BCUT2D eigenvalue weighted by molar-refractivity contribution is -0.194. The van der Waals surface area contributed by atoms with Crippen LogP contribution in [-0.4, -0.2) is 103 Å². The molecule has 0 spiro atoms. The summed E-state index contributed by atoms with van der Waals surface area (Å²) >= 11 is 0. The lowest BCUT2D eigenvalue weighted by Crippen LogP contribution is -2.53. The van der Waals surface area contributed by atoms with Crippen molar-refractivity contribution in [3.63, 3.8) is 0 Å². The van der Waals surface area contributed by atoms with E-state index in [2.05, 4.69) is 49.8 Å². The molecule has 1 aliphatic heterocycles. The molecule has 2 aliphatic rings. The second kappa shape index (κ2) is 23.0. The molecule has 0 bridgehead atoms. The first-order valence-corrected chi connectivity index (χ1v) is 26.2. The van der Waals surface area contributed by atoms with Crippen molar-refractivity contribution in [1.29, 1.82) is 0 Å². The van der Waals surface area contributed by atoms with Crippen LogP contribution in [0.2, 0.25) is 18.1 Å². The van der Waals surface area contributed by atoms with Crippen molar-refractivity contribution < 1.29 is 67.5 Å². The standard InChI is InChI=1S/C51H67N3O14Si/c1-28(2)45(54-50(64)66-27-40-35-16-12-10-14-33(35)34-15-11-13-17-36(34)40)48(62)52-29(3)47(61)53-32-20-18-31(26-67-69(8,9)51(4,5)6)30(22-32)19-21-41-38(24-43(57)58)37(23-42(55)56)39(25-44(59)60)46(68-41)49(63)65-7/h10-18,20,22,28-29,37-41,45-46H,19,21,23-27H2,1-9H3,(H,52,62)(H,53,61)(H,54,64)(H,55,56)(H,57,58)(H,59,60)/t29-,37+,38-,39-,41-,45-,46-/m0/s1. The van der Waals surface area contributed by atoms with E-state index < -0.39 is 111 Å². The van der Waals surface area contributed by atoms with E-state index in [0.29, 0.717) is 11.3 Å². The van der Waals surface area contributed by atoms with Crippen molar-refractivity contribution in [3.8, 4) is 11.1 Å². The molecular formula is C51H67N3O14Si. The number of methoxy groups -OCH3 is 1. The number of rotatable bonds is 21. The van der Waals surface area contributed by atoms with E-state index in [4.69, 9.17) is 18.6 Å². The van der Waals surface area contributed by atoms with Crippen LogP contribution in [0, 0.1) is 23.7 Å². The Morgan fingerprint density at radius 1 is 0.739 bits per heavy atom. The normalized spacial score (nSPS) is 19.9. The summed E-state index contributed by atoms with van der Waals surface area (Å²) in [5, 5.41) is 37.7. The van der Waals surface area contributed by atoms with Crippen LogP contribution < -0.4 is 16.0 Å². The molecule has 0 saturated carbocycles. The summed E-state index contributed by atoms with van der Waals surface area (Å²) in [5.74, 6) is -9.72. The van der Waals surface area contributed by atoms with Crippen LogP contribution in [0.1, 0.15) is 95.4 Å². The van der Waals surface area contributed by atoms with Crippen LogP contribution >= 0.6 is 0 Å². The molecule has 374 valence electrons. The van der Waals surface area contributed by atoms with E-state index in [0.717, 1.165) is 34.9 Å². The van der Waals surface area contributed by atoms with Crippen molar-refractivity contribution in [2.24, 2.45) is 23.7 Å². The Labute approximate surface area is 404 Å². The Balaban J connectivity index is 1.32. The number of carbonyl (C=O) groups is 7. The Morgan fingerprint density at radius 2 is 1.30 bits per heavy atom. The van der Waals surface area contributed by atoms with E-state index in [1.165, 1.54) is 6.92 Å². The highest BCUT2D eigenvalue weighted by atomic mass is 28.4. The van der Waals surface area contributed by atoms with Gasteiger partial charge in [0.25, 0.3) is 0 Å². The fourth-order valence-corrected chi connectivity index (χ4v) is 10.0. The molecule has 5 rings (SSSR count). The summed E-state index contributed by atoms with van der Waals surface area (Å²) in [6, 6.07) is 19.0. The first-order chi connectivity index (χ1) is 32.4. The van der Waals surface area contributed by atoms with Crippen molar-refractivity contribution in [2.45, 2.75) is 129 Å². The monoisotopic (exact) mass is 973 g/mol. The minimum absolute atomic E-state index is 0.0530. The molecule has 0 radical (unpaired) electrons. The molecular weight excluding hydrogens is 907 g/mol. The van der Waals surface area contributed by atoms with Gasteiger partial charge in [0, 0.05) is 23.9 Å². The number of carboxylic acids is 3. The summed E-state index contributed by atoms with van der Waals surface area (Å²) in [6.45, 7) is 15.8. The van der Waals surface area contributed by atoms with Gasteiger partial charge in [-0.3, -0.25) is 24.0 Å². The first-order valence-electron chi connectivity index (χ1n) is 23.3. The third-order valence-electron chi connectivity index (χ3n) is 13.8. The van der Waals surface area contributed by atoms with Gasteiger partial charge in [-0.05, 0) is 101 Å². The average Bonchev–Trinajstić information content (AvgIpc) is 3.59. The van der Waals surface area contributed by atoms with Crippen LogP contribution in [-0.2, 0) is 60.4 Å². The van der Waals surface area contributed by atoms with Crippen LogP contribution in [0.15, 0.2) is 66.7 Å². The number of amides is 3. The molecule has 7 atom stereocenters. The number of hydrogen-bond donors (Lipinski definition) is 6. The number of hydrogen-bond acceptors (Lipinski definition) is 11. The van der Waals surface area contributed by atoms with E-state index in [9.17, 15) is 48.9 Å². The van der Waals surface area contributed by atoms with Gasteiger partial charge in [-0.1, -0.05) is 89.2 Å². The highest BCUT2D eigenvalue weighted by Crippen LogP contribution is 2.46. The number of aliphatic carboxylic acids is 3. The number of carbonyl (C=O) groups excluding carboxylic acids is 4. The summed E-state index contributed by atoms with van der Waals surface area (Å²) in [5.41, 5.74) is 6.02. The van der Waals surface area contributed by atoms with E-state index in [1.54, 1.807) is 32.0 Å². The van der Waals surface area contributed by atoms with Crippen LogP contribution in [0.3, 0.4) is 0 Å². The number of aryl methyl sites for hydroxylation is 1. The lowest BCUT2D eigenvalue weighted by atomic mass is 9.68. The average molecular weight is 974 g/mol. The fraction of sp³-hybridized carbons (Fsp3) is 0.510. The quantitative estimate of drug-likeness (QED) is 0.0451. The number of nitrogens with one attached hydrogen (secondary N) is 3. The maximum atomic E-state index is 13.7. The van der Waals surface area contributed by atoms with Crippen molar-refractivity contribution in [3.05, 3.63) is 89.0 Å². The van der Waals surface area contributed by atoms with E-state index >= 15 is 0 Å². The number of anilines is 1. The maximum Gasteiger partial charge on any atom is 0.407 e. The van der Waals surface area contributed by atoms with Gasteiger partial charge >= 0.3 is 30.0 Å². The smallest absolute Gasteiger partial charge is 0.407 e. The minimum Gasteiger partial charge on any atom is -0.481 e. The van der Waals surface area contributed by atoms with Crippen molar-refractivity contribution >= 4 is 55.8 Å². The Kier molecular flexibility index (Phi) is 17.9. The zero-order valence-electron chi connectivity index (χ0n) is 40.8. The molecule has 69 heavy (non-hydrogen) atoms. The molecule has 3 aromatic carbocycles. The molecule has 17 nitrogen and oxygen atoms in total. The van der Waals surface area contributed by atoms with Crippen LogP contribution in [0.25, 0.3) is 11.1 Å². The van der Waals surface area contributed by atoms with Gasteiger partial charge in [-0.25, -0.2) is 9.59 Å². The predicted octanol–water partition coefficient (Wildman–Crippen LogP) is 7.36. The highest BCUT2D eigenvalue weighted by Gasteiger charge is 2.50. The van der Waals surface area contributed by atoms with Gasteiger partial charge in [0.1, 0.15) is 18.7 Å². The fourth-order valence-electron chi connectivity index (χ4n) is 9.06. The SMILES string of the molecule is COC(=O)[C@H]1O[C@@H](CCc2cc(NC(=O)[C@H](C)NC(=O)[C@@H](NC(=O)OCC3c4ccccc4-c4ccccc43)C(C)C)ccc2CO[Si](C)(C)C(C)(C)C)[C@@H](CC(=O)O)[C@@H](CC(=O)O)[C@@H]1CC(=O)O. The molecule has 1 saturated heterocycles. The van der Waals surface area contributed by atoms with Crippen molar-refractivity contribution in [1.82, 2.24) is 10.6 Å². The number of ether oxygens (including phenoxy) is 3. The number of benzene rings is 3. The van der Waals surface area contributed by atoms with Gasteiger partial charge in [-0.2, -0.15) is 0 Å². The molecule has 6 N–H and O–H groups in total. The lowest BCUT2D eigenvalue weighted by Gasteiger charge is -2.45. The third kappa shape index (κ3) is 13.6. The van der Waals surface area contributed by atoms with Gasteiger partial charge in [0.05, 0.1) is 32.7 Å². The topological polar surface area (TPSA) is 253 Å². The zero-order chi connectivity index (χ0) is 51.0.